The van der Waals surface area contributed by atoms with Crippen molar-refractivity contribution in [3.8, 4) is 0 Å². The van der Waals surface area contributed by atoms with E-state index in [2.05, 4.69) is 15.9 Å². The van der Waals surface area contributed by atoms with E-state index in [-0.39, 0.29) is 24.0 Å². The highest BCUT2D eigenvalue weighted by atomic mass is 79.9. The number of halogens is 2. The molecule has 5 nitrogen and oxygen atoms in total. The lowest BCUT2D eigenvalue weighted by molar-refractivity contribution is -0.140. The molecule has 2 aromatic rings. The van der Waals surface area contributed by atoms with Crippen LogP contribution in [0.3, 0.4) is 0 Å². The largest absolute Gasteiger partial charge is 0.507 e. The number of amides is 1. The highest BCUT2D eigenvalue weighted by Gasteiger charge is 2.45. The number of nitrogens with zero attached hydrogens (tertiary/aromatic N) is 1. The third-order valence-electron chi connectivity index (χ3n) is 4.82. The molecule has 0 radical (unpaired) electrons. The summed E-state index contributed by atoms with van der Waals surface area (Å²) < 4.78 is 20.3. The summed E-state index contributed by atoms with van der Waals surface area (Å²) in [7, 11) is 0. The summed E-state index contributed by atoms with van der Waals surface area (Å²) in [5.74, 6) is -2.26. The zero-order valence-electron chi connectivity index (χ0n) is 16.8. The first-order chi connectivity index (χ1) is 14.3. The van der Waals surface area contributed by atoms with Crippen LogP contribution < -0.4 is 0 Å². The van der Waals surface area contributed by atoms with E-state index in [1.807, 2.05) is 13.8 Å². The first kappa shape index (κ1) is 22.2. The summed E-state index contributed by atoms with van der Waals surface area (Å²) in [4.78, 5) is 27.0. The quantitative estimate of drug-likeness (QED) is 0.269. The average Bonchev–Trinajstić information content (AvgIpc) is 2.96. The summed E-state index contributed by atoms with van der Waals surface area (Å²) in [6.45, 7) is 4.49. The Balaban J connectivity index is 2.03. The predicted octanol–water partition coefficient (Wildman–Crippen LogP) is 4.83. The zero-order chi connectivity index (χ0) is 21.8. The molecule has 1 atom stereocenters. The fourth-order valence-corrected chi connectivity index (χ4v) is 3.72. The van der Waals surface area contributed by atoms with Gasteiger partial charge in [-0.05, 0) is 50.1 Å². The second-order valence-corrected chi connectivity index (χ2v) is 8.24. The zero-order valence-corrected chi connectivity index (χ0v) is 18.4. The molecule has 1 aliphatic rings. The smallest absolute Gasteiger partial charge is 0.295 e. The Morgan fingerprint density at radius 1 is 1.20 bits per heavy atom. The number of carbonyl (C=O) groups is 2. The van der Waals surface area contributed by atoms with Crippen LogP contribution in [0.4, 0.5) is 4.39 Å². The van der Waals surface area contributed by atoms with Crippen molar-refractivity contribution < 1.29 is 23.8 Å². The van der Waals surface area contributed by atoms with Crippen LogP contribution in [0, 0.1) is 5.82 Å². The number of aliphatic hydroxyl groups excluding tert-OH is 1. The molecular weight excluding hydrogens is 453 g/mol. The number of carbonyl (C=O) groups excluding carboxylic acids is 2. The lowest BCUT2D eigenvalue weighted by atomic mass is 9.95. The van der Waals surface area contributed by atoms with Gasteiger partial charge < -0.3 is 14.7 Å². The van der Waals surface area contributed by atoms with Crippen LogP contribution >= 0.6 is 15.9 Å². The van der Waals surface area contributed by atoms with Gasteiger partial charge in [0.15, 0.2) is 0 Å². The Bertz CT molecular complexity index is 971. The van der Waals surface area contributed by atoms with E-state index in [1.165, 1.54) is 23.1 Å². The molecule has 0 unspecified atom stereocenters. The lowest BCUT2D eigenvalue weighted by Crippen LogP contribution is -2.31. The van der Waals surface area contributed by atoms with Crippen LogP contribution in [0.1, 0.15) is 37.4 Å². The molecule has 1 heterocycles. The summed E-state index contributed by atoms with van der Waals surface area (Å²) in [5, 5.41) is 10.9. The fourth-order valence-electron chi connectivity index (χ4n) is 3.45. The molecule has 3 rings (SSSR count). The van der Waals surface area contributed by atoms with Gasteiger partial charge in [-0.3, -0.25) is 9.59 Å². The van der Waals surface area contributed by atoms with E-state index in [0.29, 0.717) is 24.2 Å². The van der Waals surface area contributed by atoms with Crippen molar-refractivity contribution in [2.24, 2.45) is 0 Å². The van der Waals surface area contributed by atoms with Crippen LogP contribution in [0.15, 0.2) is 58.6 Å². The van der Waals surface area contributed by atoms with E-state index >= 15 is 0 Å². The van der Waals surface area contributed by atoms with E-state index < -0.39 is 23.5 Å². The molecule has 158 valence electrons. The highest BCUT2D eigenvalue weighted by Crippen LogP contribution is 2.39. The van der Waals surface area contributed by atoms with Gasteiger partial charge >= 0.3 is 0 Å². The summed E-state index contributed by atoms with van der Waals surface area (Å²) in [6.07, 6.45) is 0.562. The summed E-state index contributed by atoms with van der Waals surface area (Å²) >= 11 is 3.33. The molecular formula is C23H23BrFNO4. The van der Waals surface area contributed by atoms with Crippen LogP contribution in [-0.2, 0) is 14.3 Å². The minimum absolute atomic E-state index is 0.0438. The van der Waals surface area contributed by atoms with Crippen LogP contribution in [0.5, 0.6) is 0 Å². The van der Waals surface area contributed by atoms with Crippen LogP contribution in [-0.4, -0.2) is 41.0 Å². The van der Waals surface area contributed by atoms with Gasteiger partial charge in [-0.2, -0.15) is 0 Å². The van der Waals surface area contributed by atoms with Crippen molar-refractivity contribution in [3.05, 3.63) is 75.5 Å². The van der Waals surface area contributed by atoms with Crippen molar-refractivity contribution in [1.29, 1.82) is 0 Å². The van der Waals surface area contributed by atoms with Gasteiger partial charge in [0.2, 0.25) is 0 Å². The second kappa shape index (κ2) is 9.53. The Morgan fingerprint density at radius 2 is 1.90 bits per heavy atom. The molecule has 2 aromatic carbocycles. The molecule has 1 N–H and O–H groups in total. The third-order valence-corrected chi connectivity index (χ3v) is 5.35. The molecule has 30 heavy (non-hydrogen) atoms. The fraction of sp³-hybridized carbons (Fsp3) is 0.304. The predicted molar refractivity (Wildman–Crippen MR) is 115 cm³/mol. The second-order valence-electron chi connectivity index (χ2n) is 7.33. The highest BCUT2D eigenvalue weighted by molar-refractivity contribution is 9.10. The van der Waals surface area contributed by atoms with Gasteiger partial charge in [-0.25, -0.2) is 4.39 Å². The van der Waals surface area contributed by atoms with Crippen LogP contribution in [0.2, 0.25) is 0 Å². The summed E-state index contributed by atoms with van der Waals surface area (Å²) in [6, 6.07) is 11.6. The number of ketones is 1. The first-order valence-corrected chi connectivity index (χ1v) is 10.5. The molecule has 1 amide bonds. The van der Waals surface area contributed by atoms with Crippen molar-refractivity contribution in [1.82, 2.24) is 4.90 Å². The number of aliphatic hydroxyl groups is 1. The Labute approximate surface area is 183 Å². The van der Waals surface area contributed by atoms with E-state index in [4.69, 9.17) is 4.74 Å². The Morgan fingerprint density at radius 3 is 2.53 bits per heavy atom. The number of benzene rings is 2. The molecule has 1 saturated heterocycles. The van der Waals surface area contributed by atoms with Crippen molar-refractivity contribution in [2.75, 3.05) is 13.2 Å². The molecule has 0 aliphatic carbocycles. The average molecular weight is 476 g/mol. The third kappa shape index (κ3) is 4.79. The van der Waals surface area contributed by atoms with Gasteiger partial charge in [-0.15, -0.1) is 0 Å². The maximum Gasteiger partial charge on any atom is 0.295 e. The Kier molecular flexibility index (Phi) is 7.05. The van der Waals surface area contributed by atoms with Gasteiger partial charge in [0.1, 0.15) is 11.6 Å². The van der Waals surface area contributed by atoms with Gasteiger partial charge in [0, 0.05) is 23.2 Å². The Hall–Kier alpha value is -2.51. The number of rotatable bonds is 7. The molecule has 1 aliphatic heterocycles. The number of ether oxygens (including phenoxy) is 1. The van der Waals surface area contributed by atoms with E-state index in [0.717, 1.165) is 4.47 Å². The minimum Gasteiger partial charge on any atom is -0.507 e. The SMILES string of the molecule is CC(C)OCCCN1C(=O)C(=O)C(=C(O)c2ccc(Br)cc2)[C@H]1c1cccc(F)c1. The number of hydrogen-bond acceptors (Lipinski definition) is 4. The van der Waals surface area contributed by atoms with Gasteiger partial charge in [0.05, 0.1) is 17.7 Å². The standard InChI is InChI=1S/C23H23BrFNO4/c1-14(2)30-12-4-11-26-20(16-5-3-6-18(25)13-16)19(22(28)23(26)29)21(27)15-7-9-17(24)10-8-15/h3,5-10,13-14,20,27H,4,11-12H2,1-2H3/t20-/m1/s1. The monoisotopic (exact) mass is 475 g/mol. The van der Waals surface area contributed by atoms with Gasteiger partial charge in [-0.1, -0.05) is 40.2 Å². The summed E-state index contributed by atoms with van der Waals surface area (Å²) in [5.41, 5.74) is 0.788. The number of hydrogen-bond donors (Lipinski definition) is 1. The van der Waals surface area contributed by atoms with Crippen molar-refractivity contribution in [3.63, 3.8) is 0 Å². The van der Waals surface area contributed by atoms with E-state index in [1.54, 1.807) is 30.3 Å². The normalized spacial score (nSPS) is 18.4. The lowest BCUT2D eigenvalue weighted by Gasteiger charge is -2.25. The number of likely N-dealkylation sites (tertiary alicyclic amines) is 1. The molecule has 0 spiro atoms. The molecule has 0 aromatic heterocycles. The maximum atomic E-state index is 13.9. The molecule has 0 saturated carbocycles. The molecule has 0 bridgehead atoms. The van der Waals surface area contributed by atoms with Crippen molar-refractivity contribution in [2.45, 2.75) is 32.4 Å². The first-order valence-electron chi connectivity index (χ1n) is 9.71. The van der Waals surface area contributed by atoms with Gasteiger partial charge in [0.25, 0.3) is 11.7 Å². The van der Waals surface area contributed by atoms with Crippen LogP contribution in [0.25, 0.3) is 5.76 Å². The molecule has 1 fully saturated rings. The minimum atomic E-state index is -0.872. The van der Waals surface area contributed by atoms with Crippen molar-refractivity contribution >= 4 is 33.4 Å². The molecule has 7 heteroatoms. The maximum absolute atomic E-state index is 13.9. The van der Waals surface area contributed by atoms with E-state index in [9.17, 15) is 19.1 Å². The number of Topliss-reactive ketones (excluding diaryl/α,β-unsaturated/α-hetero) is 1. The topological polar surface area (TPSA) is 66.8 Å².